The molecule has 0 aromatic heterocycles. The molecule has 6 unspecified atom stereocenters. The topological polar surface area (TPSA) is 35.5 Å². The lowest BCUT2D eigenvalue weighted by Gasteiger charge is -2.40. The molecule has 0 N–H and O–H groups in total. The Bertz CT molecular complexity index is 352. The number of terminal acetylenes is 2. The summed E-state index contributed by atoms with van der Waals surface area (Å²) in [6.07, 6.45) is 12.0. The zero-order valence-electron chi connectivity index (χ0n) is 9.67. The van der Waals surface area contributed by atoms with Crippen LogP contribution in [0.1, 0.15) is 6.92 Å². The molecular formula is C12H16O3S. The summed E-state index contributed by atoms with van der Waals surface area (Å²) in [6, 6.07) is 0. The largest absolute Gasteiger partial charge is 0.377 e. The Morgan fingerprint density at radius 3 is 2.25 bits per heavy atom. The average Bonchev–Trinajstić information content (AvgIpc) is 2.27. The minimum Gasteiger partial charge on any atom is -0.377 e. The summed E-state index contributed by atoms with van der Waals surface area (Å²) in [5.74, 6) is 4.60. The van der Waals surface area contributed by atoms with E-state index in [4.69, 9.17) is 22.3 Å². The van der Waals surface area contributed by atoms with Crippen LogP contribution in [-0.4, -0.2) is 35.2 Å². The number of rotatable bonds is 2. The molecule has 0 bridgehead atoms. The molecule has 0 aliphatic carbocycles. The van der Waals surface area contributed by atoms with E-state index in [1.165, 1.54) is 0 Å². The Morgan fingerprint density at radius 1 is 1.31 bits per heavy atom. The maximum Gasteiger partial charge on any atom is 0.147 e. The Hall–Kier alpha value is -0.810. The van der Waals surface area contributed by atoms with Gasteiger partial charge in [0.15, 0.2) is 0 Å². The van der Waals surface area contributed by atoms with E-state index in [1.807, 2.05) is 6.92 Å². The highest BCUT2D eigenvalue weighted by molar-refractivity contribution is 7.84. The monoisotopic (exact) mass is 240 g/mol. The van der Waals surface area contributed by atoms with Crippen molar-refractivity contribution in [3.63, 3.8) is 0 Å². The van der Waals surface area contributed by atoms with E-state index < -0.39 is 16.2 Å². The lowest BCUT2D eigenvalue weighted by Crippen LogP contribution is -2.51. The lowest BCUT2D eigenvalue weighted by molar-refractivity contribution is -0.127. The van der Waals surface area contributed by atoms with Crippen LogP contribution in [0, 0.1) is 36.5 Å². The van der Waals surface area contributed by atoms with Crippen molar-refractivity contribution in [1.82, 2.24) is 0 Å². The molecule has 1 saturated heterocycles. The van der Waals surface area contributed by atoms with Crippen LogP contribution in [0.4, 0.5) is 0 Å². The highest BCUT2D eigenvalue weighted by atomic mass is 32.2. The van der Waals surface area contributed by atoms with Gasteiger partial charge in [0.25, 0.3) is 0 Å². The van der Waals surface area contributed by atoms with E-state index in [0.29, 0.717) is 0 Å². The van der Waals surface area contributed by atoms with Crippen molar-refractivity contribution in [1.29, 1.82) is 0 Å². The molecule has 0 saturated carbocycles. The van der Waals surface area contributed by atoms with Crippen LogP contribution in [0.2, 0.25) is 0 Å². The molecule has 1 heterocycles. The van der Waals surface area contributed by atoms with Crippen LogP contribution in [0.5, 0.6) is 0 Å². The molecule has 4 heteroatoms. The summed E-state index contributed by atoms with van der Waals surface area (Å²) in [5.41, 5.74) is -0.507. The van der Waals surface area contributed by atoms with E-state index >= 15 is 0 Å². The van der Waals surface area contributed by atoms with Crippen molar-refractivity contribution in [3.05, 3.63) is 0 Å². The molecule has 3 nitrogen and oxygen atoms in total. The molecule has 16 heavy (non-hydrogen) atoms. The van der Waals surface area contributed by atoms with Gasteiger partial charge in [-0.15, -0.1) is 12.8 Å². The average molecular weight is 240 g/mol. The number of ether oxygens (including phenoxy) is 2. The van der Waals surface area contributed by atoms with Gasteiger partial charge in [0.05, 0.1) is 24.0 Å². The first kappa shape index (κ1) is 13.3. The van der Waals surface area contributed by atoms with Crippen LogP contribution in [-0.2, 0) is 20.3 Å². The van der Waals surface area contributed by atoms with Crippen LogP contribution in [0.25, 0.3) is 0 Å². The Kier molecular flexibility index (Phi) is 4.56. The van der Waals surface area contributed by atoms with Gasteiger partial charge in [-0.2, -0.15) is 0 Å². The molecule has 6 atom stereocenters. The molecule has 0 radical (unpaired) electrons. The third kappa shape index (κ3) is 2.30. The van der Waals surface area contributed by atoms with Gasteiger partial charge in [0.1, 0.15) is 5.44 Å². The second kappa shape index (κ2) is 5.50. The molecule has 1 aliphatic rings. The van der Waals surface area contributed by atoms with Gasteiger partial charge >= 0.3 is 0 Å². The minimum atomic E-state index is -1.16. The van der Waals surface area contributed by atoms with Gasteiger partial charge in [-0.25, -0.2) is 0 Å². The zero-order valence-corrected chi connectivity index (χ0v) is 10.5. The van der Waals surface area contributed by atoms with Crippen molar-refractivity contribution in [2.24, 2.45) is 11.8 Å². The highest BCUT2D eigenvalue weighted by Gasteiger charge is 2.44. The van der Waals surface area contributed by atoms with E-state index in [2.05, 4.69) is 11.8 Å². The molecular weight excluding hydrogens is 224 g/mol. The summed E-state index contributed by atoms with van der Waals surface area (Å²) in [5, 5.41) is 0. The summed E-state index contributed by atoms with van der Waals surface area (Å²) >= 11 is 0. The maximum atomic E-state index is 11.6. The van der Waals surface area contributed by atoms with Gasteiger partial charge < -0.3 is 9.47 Å². The van der Waals surface area contributed by atoms with Gasteiger partial charge in [0.2, 0.25) is 0 Å². The fraction of sp³-hybridized carbons (Fsp3) is 0.667. The fourth-order valence-electron chi connectivity index (χ4n) is 2.04. The third-order valence-electron chi connectivity index (χ3n) is 2.83. The zero-order chi connectivity index (χ0) is 12.3. The Labute approximate surface area is 99.3 Å². The fourth-order valence-corrected chi connectivity index (χ4v) is 3.04. The summed E-state index contributed by atoms with van der Waals surface area (Å²) < 4.78 is 22.5. The van der Waals surface area contributed by atoms with E-state index in [-0.39, 0.29) is 24.0 Å². The minimum absolute atomic E-state index is 0.204. The van der Waals surface area contributed by atoms with Crippen LogP contribution in [0.3, 0.4) is 0 Å². The molecule has 1 rings (SSSR count). The normalized spacial score (nSPS) is 40.7. The predicted molar refractivity (Wildman–Crippen MR) is 63.8 cm³/mol. The predicted octanol–water partition coefficient (Wildman–Crippen LogP) is 0.623. The van der Waals surface area contributed by atoms with Crippen LogP contribution in [0.15, 0.2) is 0 Å². The van der Waals surface area contributed by atoms with Gasteiger partial charge in [0, 0.05) is 24.2 Å². The first-order valence-corrected chi connectivity index (χ1v) is 6.61. The maximum absolute atomic E-state index is 11.6. The molecule has 88 valence electrons. The van der Waals surface area contributed by atoms with Crippen LogP contribution >= 0.6 is 0 Å². The highest BCUT2D eigenvalue weighted by Crippen LogP contribution is 2.33. The van der Waals surface area contributed by atoms with Gasteiger partial charge in [-0.1, -0.05) is 11.8 Å². The SMILES string of the molecule is C#CC1C(C#C)C(S(C)=O)OC(C)C1OC. The molecule has 0 amide bonds. The first-order valence-electron chi connectivity index (χ1n) is 4.99. The van der Waals surface area contributed by atoms with Crippen molar-refractivity contribution >= 4 is 10.8 Å². The number of methoxy groups -OCH3 is 1. The first-order chi connectivity index (χ1) is 7.56. The molecule has 0 aromatic rings. The lowest BCUT2D eigenvalue weighted by atomic mass is 9.84. The van der Waals surface area contributed by atoms with E-state index in [1.54, 1.807) is 13.4 Å². The van der Waals surface area contributed by atoms with Crippen molar-refractivity contribution in [3.8, 4) is 24.7 Å². The van der Waals surface area contributed by atoms with Crippen molar-refractivity contribution < 1.29 is 13.7 Å². The second-order valence-electron chi connectivity index (χ2n) is 3.79. The molecule has 0 spiro atoms. The second-order valence-corrected chi connectivity index (χ2v) is 5.26. The summed E-state index contributed by atoms with van der Waals surface area (Å²) in [7, 11) is 0.417. The molecule has 1 aliphatic heterocycles. The quantitative estimate of drug-likeness (QED) is 0.664. The van der Waals surface area contributed by atoms with E-state index in [0.717, 1.165) is 0 Å². The van der Waals surface area contributed by atoms with Crippen LogP contribution < -0.4 is 0 Å². The number of hydrogen-bond acceptors (Lipinski definition) is 3. The number of hydrogen-bond donors (Lipinski definition) is 0. The third-order valence-corrected chi connectivity index (χ3v) is 3.89. The molecule has 0 aromatic carbocycles. The van der Waals surface area contributed by atoms with Gasteiger partial charge in [-0.05, 0) is 6.92 Å². The Balaban J connectivity index is 3.03. The smallest absolute Gasteiger partial charge is 0.147 e. The Morgan fingerprint density at radius 2 is 1.88 bits per heavy atom. The summed E-state index contributed by atoms with van der Waals surface area (Å²) in [6.45, 7) is 1.85. The molecule has 1 fully saturated rings. The van der Waals surface area contributed by atoms with Crippen molar-refractivity contribution in [2.75, 3.05) is 13.4 Å². The van der Waals surface area contributed by atoms with E-state index in [9.17, 15) is 4.21 Å². The van der Waals surface area contributed by atoms with Gasteiger partial charge in [-0.3, -0.25) is 4.21 Å². The summed E-state index contributed by atoms with van der Waals surface area (Å²) in [4.78, 5) is 0. The van der Waals surface area contributed by atoms with Crippen molar-refractivity contribution in [2.45, 2.75) is 24.6 Å². The standard InChI is InChI=1S/C12H16O3S/c1-6-9-10(7-2)12(16(5)13)15-8(3)11(9)14-4/h1-2,8-12H,3-5H3.